The van der Waals surface area contributed by atoms with Crippen molar-refractivity contribution in [3.63, 3.8) is 0 Å². The summed E-state index contributed by atoms with van der Waals surface area (Å²) < 4.78 is 6.65. The van der Waals surface area contributed by atoms with E-state index in [4.69, 9.17) is 10.6 Å². The fourth-order valence-electron chi connectivity index (χ4n) is 1.09. The number of nitrogen functional groups attached to an aromatic ring is 1. The molecule has 0 aliphatic carbocycles. The van der Waals surface area contributed by atoms with E-state index >= 15 is 0 Å². The summed E-state index contributed by atoms with van der Waals surface area (Å²) in [5, 5.41) is 0. The molecule has 5 nitrogen and oxygen atoms in total. The van der Waals surface area contributed by atoms with Crippen molar-refractivity contribution in [2.45, 2.75) is 0 Å². The highest BCUT2D eigenvalue weighted by Crippen LogP contribution is 2.20. The van der Waals surface area contributed by atoms with Crippen molar-refractivity contribution in [3.05, 3.63) is 40.2 Å². The third-order valence-electron chi connectivity index (χ3n) is 1.80. The summed E-state index contributed by atoms with van der Waals surface area (Å²) in [6, 6.07) is 7.64. The van der Waals surface area contributed by atoms with Gasteiger partial charge in [0.05, 0.1) is 12.4 Å². The monoisotopic (exact) mass is 328 g/mol. The van der Waals surface area contributed by atoms with E-state index in [2.05, 4.69) is 38.0 Å². The molecule has 0 amide bonds. The van der Waals surface area contributed by atoms with Gasteiger partial charge >= 0.3 is 0 Å². The third kappa shape index (κ3) is 2.80. The largest absolute Gasteiger partial charge is 0.437 e. The van der Waals surface area contributed by atoms with Crippen molar-refractivity contribution in [2.75, 3.05) is 5.43 Å². The van der Waals surface area contributed by atoms with Gasteiger partial charge in [-0.3, -0.25) is 4.98 Å². The first-order chi connectivity index (χ1) is 7.78. The zero-order chi connectivity index (χ0) is 11.4. The second-order valence-corrected chi connectivity index (χ2v) is 4.19. The molecule has 0 bridgehead atoms. The van der Waals surface area contributed by atoms with Gasteiger partial charge in [0.2, 0.25) is 5.88 Å². The van der Waals surface area contributed by atoms with Gasteiger partial charge in [-0.15, -0.1) is 0 Å². The molecule has 16 heavy (non-hydrogen) atoms. The van der Waals surface area contributed by atoms with Crippen molar-refractivity contribution in [1.82, 2.24) is 9.97 Å². The number of hydrazine groups is 1. The minimum absolute atomic E-state index is 0.400. The van der Waals surface area contributed by atoms with Crippen LogP contribution in [0.25, 0.3) is 0 Å². The summed E-state index contributed by atoms with van der Waals surface area (Å²) in [4.78, 5) is 8.02. The van der Waals surface area contributed by atoms with Gasteiger partial charge in [0.15, 0.2) is 5.82 Å². The number of rotatable bonds is 3. The number of anilines is 1. The second kappa shape index (κ2) is 5.08. The summed E-state index contributed by atoms with van der Waals surface area (Å²) in [7, 11) is 0. The van der Waals surface area contributed by atoms with Gasteiger partial charge in [0.1, 0.15) is 5.75 Å². The summed E-state index contributed by atoms with van der Waals surface area (Å²) in [5.74, 6) is 6.80. The molecule has 2 aromatic rings. The molecular weight excluding hydrogens is 319 g/mol. The van der Waals surface area contributed by atoms with E-state index in [0.717, 1.165) is 3.57 Å². The van der Waals surface area contributed by atoms with E-state index in [1.54, 1.807) is 0 Å². The number of benzene rings is 1. The minimum Gasteiger partial charge on any atom is -0.437 e. The van der Waals surface area contributed by atoms with Crippen LogP contribution in [-0.4, -0.2) is 9.97 Å². The Balaban J connectivity index is 2.16. The molecule has 82 valence electrons. The molecule has 0 radical (unpaired) electrons. The Morgan fingerprint density at radius 3 is 2.62 bits per heavy atom. The van der Waals surface area contributed by atoms with Gasteiger partial charge in [-0.1, -0.05) is 0 Å². The predicted molar refractivity (Wildman–Crippen MR) is 69.1 cm³/mol. The fraction of sp³-hybridized carbons (Fsp3) is 0. The SMILES string of the molecule is NNc1cncc(Oc2ccc(I)cc2)n1. The Labute approximate surface area is 106 Å². The van der Waals surface area contributed by atoms with Crippen LogP contribution in [0.2, 0.25) is 0 Å². The Morgan fingerprint density at radius 2 is 1.94 bits per heavy atom. The molecule has 0 unspecified atom stereocenters. The lowest BCUT2D eigenvalue weighted by Gasteiger charge is -2.05. The summed E-state index contributed by atoms with van der Waals surface area (Å²) in [6.45, 7) is 0. The van der Waals surface area contributed by atoms with Gasteiger partial charge in [0.25, 0.3) is 0 Å². The maximum absolute atomic E-state index is 5.50. The molecule has 1 aromatic carbocycles. The lowest BCUT2D eigenvalue weighted by molar-refractivity contribution is 0.461. The lowest BCUT2D eigenvalue weighted by Crippen LogP contribution is -2.08. The van der Waals surface area contributed by atoms with E-state index in [1.807, 2.05) is 24.3 Å². The Bertz CT molecular complexity index is 475. The van der Waals surface area contributed by atoms with Crippen LogP contribution < -0.4 is 16.0 Å². The van der Waals surface area contributed by atoms with Gasteiger partial charge in [-0.05, 0) is 46.9 Å². The summed E-state index contributed by atoms with van der Waals surface area (Å²) in [6.07, 6.45) is 3.04. The Hall–Kier alpha value is -1.41. The molecule has 6 heteroatoms. The first kappa shape index (κ1) is 11.1. The quantitative estimate of drug-likeness (QED) is 0.513. The number of nitrogens with zero attached hydrogens (tertiary/aromatic N) is 2. The maximum Gasteiger partial charge on any atom is 0.239 e. The standard InChI is InChI=1S/C10H9IN4O/c11-7-1-3-8(4-2-7)16-10-6-13-5-9(14-10)15-12/h1-6H,12H2,(H,14,15). The van der Waals surface area contributed by atoms with Crippen molar-refractivity contribution in [2.24, 2.45) is 5.84 Å². The van der Waals surface area contributed by atoms with Crippen LogP contribution in [0.3, 0.4) is 0 Å². The van der Waals surface area contributed by atoms with Crippen molar-refractivity contribution in [1.29, 1.82) is 0 Å². The number of hydrogen-bond donors (Lipinski definition) is 2. The molecular formula is C10H9IN4O. The number of hydrogen-bond acceptors (Lipinski definition) is 5. The summed E-state index contributed by atoms with van der Waals surface area (Å²) in [5.41, 5.74) is 2.41. The van der Waals surface area contributed by atoms with Gasteiger partial charge < -0.3 is 10.2 Å². The lowest BCUT2D eigenvalue weighted by atomic mass is 10.3. The summed E-state index contributed by atoms with van der Waals surface area (Å²) >= 11 is 2.23. The number of nitrogens with one attached hydrogen (secondary N) is 1. The number of aromatic nitrogens is 2. The molecule has 0 saturated heterocycles. The van der Waals surface area contributed by atoms with E-state index in [9.17, 15) is 0 Å². The highest BCUT2D eigenvalue weighted by Gasteiger charge is 2.00. The smallest absolute Gasteiger partial charge is 0.239 e. The zero-order valence-corrected chi connectivity index (χ0v) is 10.4. The van der Waals surface area contributed by atoms with Crippen molar-refractivity contribution < 1.29 is 4.74 Å². The molecule has 2 rings (SSSR count). The number of ether oxygens (including phenoxy) is 1. The van der Waals surface area contributed by atoms with Gasteiger partial charge in [-0.2, -0.15) is 4.98 Å². The van der Waals surface area contributed by atoms with Gasteiger partial charge in [0, 0.05) is 3.57 Å². The van der Waals surface area contributed by atoms with Gasteiger partial charge in [-0.25, -0.2) is 5.84 Å². The van der Waals surface area contributed by atoms with Crippen LogP contribution in [0.1, 0.15) is 0 Å². The minimum atomic E-state index is 0.400. The average molecular weight is 328 g/mol. The molecule has 1 heterocycles. The topological polar surface area (TPSA) is 73.1 Å². The van der Waals surface area contributed by atoms with E-state index in [1.165, 1.54) is 12.4 Å². The van der Waals surface area contributed by atoms with E-state index in [0.29, 0.717) is 17.4 Å². The molecule has 0 fully saturated rings. The van der Waals surface area contributed by atoms with E-state index in [-0.39, 0.29) is 0 Å². The van der Waals surface area contributed by atoms with Crippen molar-refractivity contribution in [3.8, 4) is 11.6 Å². The molecule has 0 atom stereocenters. The van der Waals surface area contributed by atoms with Crippen LogP contribution in [0, 0.1) is 3.57 Å². The second-order valence-electron chi connectivity index (χ2n) is 2.94. The predicted octanol–water partition coefficient (Wildman–Crippen LogP) is 2.16. The van der Waals surface area contributed by atoms with Crippen LogP contribution in [0.5, 0.6) is 11.6 Å². The van der Waals surface area contributed by atoms with E-state index < -0.39 is 0 Å². The highest BCUT2D eigenvalue weighted by molar-refractivity contribution is 14.1. The maximum atomic E-state index is 5.50. The van der Waals surface area contributed by atoms with Crippen LogP contribution in [0.15, 0.2) is 36.7 Å². The first-order valence-corrected chi connectivity index (χ1v) is 5.58. The molecule has 0 saturated carbocycles. The Morgan fingerprint density at radius 1 is 1.19 bits per heavy atom. The molecule has 3 N–H and O–H groups in total. The molecule has 0 aliphatic heterocycles. The fourth-order valence-corrected chi connectivity index (χ4v) is 1.45. The average Bonchev–Trinajstić information content (AvgIpc) is 2.32. The van der Waals surface area contributed by atoms with Crippen LogP contribution in [-0.2, 0) is 0 Å². The Kier molecular flexibility index (Phi) is 3.52. The zero-order valence-electron chi connectivity index (χ0n) is 8.22. The number of halogens is 1. The van der Waals surface area contributed by atoms with Crippen LogP contribution >= 0.6 is 22.6 Å². The number of nitrogens with two attached hydrogens (primary N) is 1. The third-order valence-corrected chi connectivity index (χ3v) is 2.52. The highest BCUT2D eigenvalue weighted by atomic mass is 127. The van der Waals surface area contributed by atoms with Crippen molar-refractivity contribution >= 4 is 28.4 Å². The van der Waals surface area contributed by atoms with Crippen LogP contribution in [0.4, 0.5) is 5.82 Å². The molecule has 0 aliphatic rings. The normalized spacial score (nSPS) is 9.88. The molecule has 1 aromatic heterocycles. The first-order valence-electron chi connectivity index (χ1n) is 4.50. The molecule has 0 spiro atoms.